The monoisotopic (exact) mass is 657 g/mol. The lowest BCUT2D eigenvalue weighted by molar-refractivity contribution is 0.236. The molecule has 1 aromatic rings. The molecule has 0 fully saturated rings. The van der Waals surface area contributed by atoms with E-state index >= 15 is 0 Å². The Hall–Kier alpha value is -0.900. The van der Waals surface area contributed by atoms with Gasteiger partial charge >= 0.3 is 0 Å². The van der Waals surface area contributed by atoms with Crippen molar-refractivity contribution in [2.75, 3.05) is 19.7 Å². The number of nitrogens with one attached hydrogen (secondary N) is 1. The summed E-state index contributed by atoms with van der Waals surface area (Å²) < 4.78 is 0. The largest absolute Gasteiger partial charge is 0.394 e. The molecule has 2 N–H and O–H groups in total. The van der Waals surface area contributed by atoms with Gasteiger partial charge in [-0.25, -0.2) is 0 Å². The van der Waals surface area contributed by atoms with Crippen LogP contribution in [0.15, 0.2) is 24.3 Å². The van der Waals surface area contributed by atoms with E-state index in [0.29, 0.717) is 6.04 Å². The van der Waals surface area contributed by atoms with Gasteiger partial charge in [0.05, 0.1) is 12.6 Å². The van der Waals surface area contributed by atoms with Crippen molar-refractivity contribution in [2.45, 2.75) is 226 Å². The van der Waals surface area contributed by atoms with Crippen LogP contribution in [0.5, 0.6) is 0 Å². The van der Waals surface area contributed by atoms with Crippen molar-refractivity contribution in [2.24, 2.45) is 0 Å². The lowest BCUT2D eigenvalue weighted by Crippen LogP contribution is -2.30. The minimum atomic E-state index is 0.0139. The average molecular weight is 657 g/mol. The van der Waals surface area contributed by atoms with Crippen LogP contribution in [0.4, 0.5) is 0 Å². The molecule has 0 radical (unpaired) electrons. The summed E-state index contributed by atoms with van der Waals surface area (Å²) in [5.41, 5.74) is 2.61. The fourth-order valence-corrected chi connectivity index (χ4v) is 7.15. The summed E-state index contributed by atoms with van der Waals surface area (Å²) in [4.78, 5) is 2.73. The van der Waals surface area contributed by atoms with Crippen LogP contribution in [-0.2, 0) is 6.54 Å². The molecule has 0 bridgehead atoms. The third-order valence-corrected chi connectivity index (χ3v) is 10.1. The molecule has 0 aliphatic heterocycles. The highest BCUT2D eigenvalue weighted by molar-refractivity contribution is 5.26. The van der Waals surface area contributed by atoms with Gasteiger partial charge in [0.25, 0.3) is 0 Å². The summed E-state index contributed by atoms with van der Waals surface area (Å²) in [7, 11) is 0. The normalized spacial score (nSPS) is 12.5. The van der Waals surface area contributed by atoms with E-state index in [1.807, 2.05) is 0 Å². The second kappa shape index (κ2) is 33.6. The third-order valence-electron chi connectivity index (χ3n) is 10.1. The first-order valence-corrected chi connectivity index (χ1v) is 21.3. The number of hydrogen-bond donors (Lipinski definition) is 2. The molecule has 0 saturated carbocycles. The van der Waals surface area contributed by atoms with Crippen molar-refractivity contribution in [1.82, 2.24) is 10.2 Å². The lowest BCUT2D eigenvalue weighted by Gasteiger charge is -2.24. The summed E-state index contributed by atoms with van der Waals surface area (Å²) >= 11 is 0. The molecule has 3 heteroatoms. The Morgan fingerprint density at radius 1 is 0.532 bits per heavy atom. The number of hydrogen-bond acceptors (Lipinski definition) is 3. The Bertz CT molecular complexity index is 733. The summed E-state index contributed by atoms with van der Waals surface area (Å²) in [5, 5.41) is 13.5. The minimum absolute atomic E-state index is 0.0139. The second-order valence-electron chi connectivity index (χ2n) is 15.3. The molecule has 0 heterocycles. The van der Waals surface area contributed by atoms with Crippen LogP contribution in [0.3, 0.4) is 0 Å². The molecule has 0 spiro atoms. The Morgan fingerprint density at radius 2 is 0.894 bits per heavy atom. The van der Waals surface area contributed by atoms with Crippen molar-refractivity contribution < 1.29 is 5.11 Å². The van der Waals surface area contributed by atoms with E-state index < -0.39 is 0 Å². The maximum absolute atomic E-state index is 10.0. The Kier molecular flexibility index (Phi) is 31.5. The van der Waals surface area contributed by atoms with Gasteiger partial charge in [0.1, 0.15) is 0 Å². The zero-order chi connectivity index (χ0) is 34.0. The van der Waals surface area contributed by atoms with Crippen LogP contribution in [-0.4, -0.2) is 35.7 Å². The molecule has 0 saturated heterocycles. The van der Waals surface area contributed by atoms with Gasteiger partial charge in [0.15, 0.2) is 0 Å². The van der Waals surface area contributed by atoms with Crippen LogP contribution in [0.2, 0.25) is 0 Å². The molecule has 1 rings (SSSR count). The quantitative estimate of drug-likeness (QED) is 0.0706. The topological polar surface area (TPSA) is 35.5 Å². The van der Waals surface area contributed by atoms with Crippen molar-refractivity contribution in [1.29, 1.82) is 0 Å². The van der Waals surface area contributed by atoms with E-state index in [1.165, 1.54) is 204 Å². The van der Waals surface area contributed by atoms with Crippen molar-refractivity contribution in [3.05, 3.63) is 35.4 Å². The molecule has 276 valence electrons. The van der Waals surface area contributed by atoms with E-state index in [1.54, 1.807) is 0 Å². The van der Waals surface area contributed by atoms with Gasteiger partial charge < -0.3 is 10.4 Å². The minimum Gasteiger partial charge on any atom is -0.394 e. The molecule has 3 nitrogen and oxygen atoms in total. The Morgan fingerprint density at radius 3 is 1.23 bits per heavy atom. The molecule has 0 aliphatic carbocycles. The second-order valence-corrected chi connectivity index (χ2v) is 15.3. The number of aliphatic hydroxyl groups is 1. The van der Waals surface area contributed by atoms with E-state index in [-0.39, 0.29) is 12.6 Å². The lowest BCUT2D eigenvalue weighted by atomic mass is 10.0. The summed E-state index contributed by atoms with van der Waals surface area (Å²) in [6, 6.07) is 9.35. The van der Waals surface area contributed by atoms with Gasteiger partial charge in [0.2, 0.25) is 0 Å². The molecule has 1 aromatic carbocycles. The van der Waals surface area contributed by atoms with Gasteiger partial charge in [-0.05, 0) is 37.1 Å². The molecule has 0 amide bonds. The molecule has 0 aromatic heterocycles. The van der Waals surface area contributed by atoms with Crippen LogP contribution in [0, 0.1) is 0 Å². The van der Waals surface area contributed by atoms with Gasteiger partial charge in [0, 0.05) is 12.6 Å². The zero-order valence-corrected chi connectivity index (χ0v) is 32.5. The van der Waals surface area contributed by atoms with Crippen LogP contribution >= 0.6 is 0 Å². The number of benzene rings is 1. The maximum atomic E-state index is 10.0. The number of unbranched alkanes of at least 4 members (excludes halogenated alkanes) is 26. The standard InChI is InChI=1S/C44H84N2O/c1-5-7-9-11-13-15-17-19-21-23-25-27-29-31-36-46(39-42-34-33-35-43(38-42)44(40-47)45-41(3)4)37-32-30-28-26-24-22-20-18-16-14-12-10-8-6-2/h33-35,38,41,44-45,47H,5-32,36-37,39-40H2,1-4H3. The van der Waals surface area contributed by atoms with Crippen LogP contribution in [0.25, 0.3) is 0 Å². The Balaban J connectivity index is 2.34. The first-order valence-electron chi connectivity index (χ1n) is 21.3. The summed E-state index contributed by atoms with van der Waals surface area (Å²) in [6.07, 6.45) is 39.8. The van der Waals surface area contributed by atoms with Crippen molar-refractivity contribution >= 4 is 0 Å². The highest BCUT2D eigenvalue weighted by Gasteiger charge is 2.13. The first kappa shape index (κ1) is 44.1. The Labute approximate surface area is 295 Å². The van der Waals surface area contributed by atoms with E-state index in [9.17, 15) is 5.11 Å². The predicted octanol–water partition coefficient (Wildman–Crippen LogP) is 13.5. The third kappa shape index (κ3) is 27.6. The predicted molar refractivity (Wildman–Crippen MR) is 210 cm³/mol. The molecule has 47 heavy (non-hydrogen) atoms. The highest BCUT2D eigenvalue weighted by atomic mass is 16.3. The number of rotatable bonds is 36. The number of nitrogens with zero attached hydrogens (tertiary/aromatic N) is 1. The average Bonchev–Trinajstić information content (AvgIpc) is 3.07. The molecule has 1 unspecified atom stereocenters. The van der Waals surface area contributed by atoms with Gasteiger partial charge in [-0.1, -0.05) is 219 Å². The molecular formula is C44H84N2O. The van der Waals surface area contributed by atoms with E-state index in [0.717, 1.165) is 6.54 Å². The SMILES string of the molecule is CCCCCCCCCCCCCCCCN(CCCCCCCCCCCCCCCC)Cc1cccc(C(CO)NC(C)C)c1. The maximum Gasteiger partial charge on any atom is 0.0626 e. The zero-order valence-electron chi connectivity index (χ0n) is 32.5. The van der Waals surface area contributed by atoms with Crippen molar-refractivity contribution in [3.63, 3.8) is 0 Å². The molecule has 1 atom stereocenters. The first-order chi connectivity index (χ1) is 23.1. The van der Waals surface area contributed by atoms with Crippen LogP contribution < -0.4 is 5.32 Å². The molecular weight excluding hydrogens is 572 g/mol. The number of aliphatic hydroxyl groups excluding tert-OH is 1. The highest BCUT2D eigenvalue weighted by Crippen LogP contribution is 2.19. The van der Waals surface area contributed by atoms with E-state index in [4.69, 9.17) is 0 Å². The summed E-state index contributed by atoms with van der Waals surface area (Å²) in [6.45, 7) is 12.5. The van der Waals surface area contributed by atoms with Gasteiger partial charge in [-0.3, -0.25) is 4.90 Å². The van der Waals surface area contributed by atoms with Gasteiger partial charge in [-0.2, -0.15) is 0 Å². The molecule has 0 aliphatic rings. The fraction of sp³-hybridized carbons (Fsp3) is 0.864. The fourth-order valence-electron chi connectivity index (χ4n) is 7.15. The smallest absolute Gasteiger partial charge is 0.0626 e. The van der Waals surface area contributed by atoms with Crippen molar-refractivity contribution in [3.8, 4) is 0 Å². The van der Waals surface area contributed by atoms with Gasteiger partial charge in [-0.15, -0.1) is 0 Å². The van der Waals surface area contributed by atoms with Crippen LogP contribution in [0.1, 0.15) is 225 Å². The summed E-state index contributed by atoms with van der Waals surface area (Å²) in [5.74, 6) is 0. The van der Waals surface area contributed by atoms with E-state index in [2.05, 4.69) is 62.2 Å².